The van der Waals surface area contributed by atoms with Crippen molar-refractivity contribution in [2.45, 2.75) is 90.8 Å². The normalized spacial score (nSPS) is 30.8. The van der Waals surface area contributed by atoms with Crippen molar-refractivity contribution in [2.24, 2.45) is 11.8 Å². The Hall–Kier alpha value is -0.770. The highest BCUT2D eigenvalue weighted by molar-refractivity contribution is 5.68. The van der Waals surface area contributed by atoms with Crippen molar-refractivity contribution in [2.75, 3.05) is 13.1 Å². The molecule has 1 amide bonds. The molecule has 0 radical (unpaired) electrons. The molecule has 1 N–H and O–H groups in total. The van der Waals surface area contributed by atoms with Crippen molar-refractivity contribution in [1.82, 2.24) is 10.2 Å². The van der Waals surface area contributed by atoms with E-state index in [1.807, 2.05) is 25.7 Å². The van der Waals surface area contributed by atoms with Crippen molar-refractivity contribution in [3.63, 3.8) is 0 Å². The molecule has 0 aromatic rings. The molecule has 2 atom stereocenters. The minimum absolute atomic E-state index is 0.152. The number of hydrogen-bond acceptors (Lipinski definition) is 3. The molecule has 4 nitrogen and oxygen atoms in total. The first-order valence-corrected chi connectivity index (χ1v) is 9.48. The van der Waals surface area contributed by atoms with Crippen LogP contribution in [0.1, 0.15) is 73.1 Å². The van der Waals surface area contributed by atoms with Gasteiger partial charge in [0.25, 0.3) is 0 Å². The number of likely N-dealkylation sites (tertiary alicyclic amines) is 1. The summed E-state index contributed by atoms with van der Waals surface area (Å²) in [7, 11) is 0. The first-order valence-electron chi connectivity index (χ1n) is 9.48. The summed E-state index contributed by atoms with van der Waals surface area (Å²) in [6.45, 7) is 12.1. The molecule has 1 saturated carbocycles. The van der Waals surface area contributed by atoms with Gasteiger partial charge in [-0.05, 0) is 78.1 Å². The maximum absolute atomic E-state index is 12.3. The van der Waals surface area contributed by atoms with E-state index in [0.29, 0.717) is 18.0 Å². The molecule has 0 aromatic carbocycles. The Bertz CT molecular complexity index is 383. The largest absolute Gasteiger partial charge is 0.444 e. The van der Waals surface area contributed by atoms with E-state index < -0.39 is 5.60 Å². The van der Waals surface area contributed by atoms with E-state index in [9.17, 15) is 4.79 Å². The molecule has 1 aliphatic carbocycles. The fraction of sp³-hybridized carbons (Fsp3) is 0.947. The third kappa shape index (κ3) is 5.98. The number of carbonyl (C=O) groups is 1. The van der Waals surface area contributed by atoms with E-state index in [2.05, 4.69) is 19.2 Å². The Morgan fingerprint density at radius 1 is 1.17 bits per heavy atom. The lowest BCUT2D eigenvalue weighted by atomic mass is 9.85. The number of piperidine rings is 1. The van der Waals surface area contributed by atoms with E-state index in [-0.39, 0.29) is 6.09 Å². The van der Waals surface area contributed by atoms with Crippen molar-refractivity contribution in [3.8, 4) is 0 Å². The zero-order chi connectivity index (χ0) is 17.0. The van der Waals surface area contributed by atoms with Crippen LogP contribution in [0.15, 0.2) is 0 Å². The van der Waals surface area contributed by atoms with Gasteiger partial charge in [-0.1, -0.05) is 6.92 Å². The molecule has 4 heteroatoms. The van der Waals surface area contributed by atoms with Crippen LogP contribution >= 0.6 is 0 Å². The summed E-state index contributed by atoms with van der Waals surface area (Å²) in [6, 6.07) is 1.14. The molecule has 1 saturated heterocycles. The maximum atomic E-state index is 12.3. The van der Waals surface area contributed by atoms with Crippen molar-refractivity contribution < 1.29 is 9.53 Å². The average Bonchev–Trinajstić information content (AvgIpc) is 2.48. The number of ether oxygens (including phenoxy) is 1. The molecule has 2 aliphatic rings. The summed E-state index contributed by atoms with van der Waals surface area (Å²) in [4.78, 5) is 14.2. The number of rotatable bonds is 3. The fourth-order valence-electron chi connectivity index (χ4n) is 3.85. The van der Waals surface area contributed by atoms with Gasteiger partial charge in [0.05, 0.1) is 0 Å². The maximum Gasteiger partial charge on any atom is 0.410 e. The second kappa shape index (κ2) is 7.87. The zero-order valence-electron chi connectivity index (χ0n) is 15.7. The van der Waals surface area contributed by atoms with E-state index in [4.69, 9.17) is 4.74 Å². The van der Waals surface area contributed by atoms with E-state index in [1.54, 1.807) is 0 Å². The molecule has 0 bridgehead atoms. The fourth-order valence-corrected chi connectivity index (χ4v) is 3.85. The van der Waals surface area contributed by atoms with Gasteiger partial charge in [-0.2, -0.15) is 0 Å². The predicted molar refractivity (Wildman–Crippen MR) is 94.5 cm³/mol. The van der Waals surface area contributed by atoms with Crippen molar-refractivity contribution >= 4 is 6.09 Å². The lowest BCUT2D eigenvalue weighted by Gasteiger charge is -2.38. The van der Waals surface area contributed by atoms with Gasteiger partial charge in [-0.3, -0.25) is 0 Å². The Kier molecular flexibility index (Phi) is 6.35. The van der Waals surface area contributed by atoms with Gasteiger partial charge < -0.3 is 15.0 Å². The van der Waals surface area contributed by atoms with E-state index in [1.165, 1.54) is 32.1 Å². The summed E-state index contributed by atoms with van der Waals surface area (Å²) in [5.41, 5.74) is -0.410. The van der Waals surface area contributed by atoms with Gasteiger partial charge in [0.15, 0.2) is 0 Å². The predicted octanol–water partition coefficient (Wildman–Crippen LogP) is 4.19. The van der Waals surface area contributed by atoms with Crippen LogP contribution in [-0.4, -0.2) is 41.8 Å². The second-order valence-corrected chi connectivity index (χ2v) is 8.74. The molecular weight excluding hydrogens is 288 g/mol. The topological polar surface area (TPSA) is 41.6 Å². The summed E-state index contributed by atoms with van der Waals surface area (Å²) in [5, 5.41) is 3.84. The van der Waals surface area contributed by atoms with Crippen LogP contribution in [-0.2, 0) is 4.74 Å². The average molecular weight is 325 g/mol. The van der Waals surface area contributed by atoms with Gasteiger partial charge in [0.1, 0.15) is 5.60 Å². The molecule has 2 rings (SSSR count). The summed E-state index contributed by atoms with van der Waals surface area (Å²) in [5.74, 6) is 1.43. The highest BCUT2D eigenvalue weighted by Gasteiger charge is 2.31. The third-order valence-corrected chi connectivity index (χ3v) is 5.33. The van der Waals surface area contributed by atoms with Gasteiger partial charge in [0, 0.05) is 25.2 Å². The quantitative estimate of drug-likeness (QED) is 0.846. The van der Waals surface area contributed by atoms with Crippen LogP contribution in [0.2, 0.25) is 0 Å². The lowest BCUT2D eigenvalue weighted by molar-refractivity contribution is 0.0144. The van der Waals surface area contributed by atoms with Crippen LogP contribution < -0.4 is 5.32 Å². The summed E-state index contributed by atoms with van der Waals surface area (Å²) in [6.07, 6.45) is 7.43. The molecule has 2 fully saturated rings. The minimum Gasteiger partial charge on any atom is -0.444 e. The SMILES string of the molecule is CC1CCC(NC(C)C2CCCN(C(=O)OC(C)(C)C)C2)CC1. The number of nitrogens with zero attached hydrogens (tertiary/aromatic N) is 1. The molecule has 1 aliphatic heterocycles. The minimum atomic E-state index is -0.410. The standard InChI is InChI=1S/C19H36N2O2/c1-14-8-10-17(11-9-14)20-15(2)16-7-6-12-21(13-16)18(22)23-19(3,4)5/h14-17,20H,6-13H2,1-5H3. The highest BCUT2D eigenvalue weighted by Crippen LogP contribution is 2.26. The third-order valence-electron chi connectivity index (χ3n) is 5.33. The lowest BCUT2D eigenvalue weighted by Crippen LogP contribution is -2.50. The monoisotopic (exact) mass is 324 g/mol. The van der Waals surface area contributed by atoms with E-state index >= 15 is 0 Å². The Morgan fingerprint density at radius 2 is 1.83 bits per heavy atom. The van der Waals surface area contributed by atoms with E-state index in [0.717, 1.165) is 25.4 Å². The summed E-state index contributed by atoms with van der Waals surface area (Å²) >= 11 is 0. The molecule has 2 unspecified atom stereocenters. The number of nitrogens with one attached hydrogen (secondary N) is 1. The molecule has 1 heterocycles. The van der Waals surface area contributed by atoms with Gasteiger partial charge >= 0.3 is 6.09 Å². The molecule has 0 spiro atoms. The summed E-state index contributed by atoms with van der Waals surface area (Å²) < 4.78 is 5.53. The van der Waals surface area contributed by atoms with Crippen LogP contribution in [0.25, 0.3) is 0 Å². The molecule has 0 aromatic heterocycles. The number of carbonyl (C=O) groups excluding carboxylic acids is 1. The number of hydrogen-bond donors (Lipinski definition) is 1. The second-order valence-electron chi connectivity index (χ2n) is 8.74. The smallest absolute Gasteiger partial charge is 0.410 e. The molecule has 23 heavy (non-hydrogen) atoms. The van der Waals surface area contributed by atoms with Gasteiger partial charge in [0.2, 0.25) is 0 Å². The zero-order valence-corrected chi connectivity index (χ0v) is 15.7. The molecular formula is C19H36N2O2. The first-order chi connectivity index (χ1) is 10.7. The molecule has 134 valence electrons. The van der Waals surface area contributed by atoms with Crippen LogP contribution in [0.3, 0.4) is 0 Å². The Labute approximate surface area is 142 Å². The van der Waals surface area contributed by atoms with Crippen LogP contribution in [0.4, 0.5) is 4.79 Å². The first kappa shape index (κ1) is 18.6. The highest BCUT2D eigenvalue weighted by atomic mass is 16.6. The van der Waals surface area contributed by atoms with Crippen LogP contribution in [0.5, 0.6) is 0 Å². The van der Waals surface area contributed by atoms with Gasteiger partial charge in [-0.15, -0.1) is 0 Å². The number of amides is 1. The Morgan fingerprint density at radius 3 is 2.43 bits per heavy atom. The van der Waals surface area contributed by atoms with Gasteiger partial charge in [-0.25, -0.2) is 4.79 Å². The van der Waals surface area contributed by atoms with Crippen molar-refractivity contribution in [3.05, 3.63) is 0 Å². The Balaban J connectivity index is 1.81. The van der Waals surface area contributed by atoms with Crippen molar-refractivity contribution in [1.29, 1.82) is 0 Å². The van der Waals surface area contributed by atoms with Crippen LogP contribution in [0, 0.1) is 11.8 Å².